The Balaban J connectivity index is 2.15. The van der Waals surface area contributed by atoms with Crippen LogP contribution in [0.2, 0.25) is 0 Å². The van der Waals surface area contributed by atoms with Crippen molar-refractivity contribution in [1.82, 2.24) is 5.32 Å². The summed E-state index contributed by atoms with van der Waals surface area (Å²) >= 11 is 0. The molecule has 1 saturated carbocycles. The van der Waals surface area contributed by atoms with Crippen LogP contribution < -0.4 is 5.32 Å². The Morgan fingerprint density at radius 2 is 1.43 bits per heavy atom. The molecule has 1 aromatic heterocycles. The molecule has 0 aromatic carbocycles. The monoisotopic (exact) mass is 657 g/mol. The molecule has 0 spiro atoms. The topological polar surface area (TPSA) is 154 Å². The molecule has 1 aliphatic carbocycles. The lowest BCUT2D eigenvalue weighted by Crippen LogP contribution is -2.59. The number of Topliss-reactive ketones (excluding diaryl/α,β-unsaturated/α-hetero) is 2. The van der Waals surface area contributed by atoms with Gasteiger partial charge in [0.15, 0.2) is 11.9 Å². The third kappa shape index (κ3) is 11.6. The van der Waals surface area contributed by atoms with Gasteiger partial charge in [0.1, 0.15) is 23.1 Å². The van der Waals surface area contributed by atoms with Crippen LogP contribution in [0.15, 0.2) is 47.3 Å². The fraction of sp³-hybridized carbons (Fsp3) is 0.684. The van der Waals surface area contributed by atoms with E-state index in [9.17, 15) is 34.5 Å². The van der Waals surface area contributed by atoms with Crippen molar-refractivity contribution in [3.8, 4) is 0 Å². The summed E-state index contributed by atoms with van der Waals surface area (Å²) in [5, 5.41) is 36.5. The third-order valence-corrected chi connectivity index (χ3v) is 9.71. The van der Waals surface area contributed by atoms with Crippen molar-refractivity contribution in [1.29, 1.82) is 0 Å². The average Bonchev–Trinajstić information content (AvgIpc) is 3.62. The highest BCUT2D eigenvalue weighted by Gasteiger charge is 2.58. The fourth-order valence-corrected chi connectivity index (χ4v) is 6.71. The summed E-state index contributed by atoms with van der Waals surface area (Å²) in [6.45, 7) is 8.18. The summed E-state index contributed by atoms with van der Waals surface area (Å²) in [6, 6.07) is 2.77. The van der Waals surface area contributed by atoms with Gasteiger partial charge in [0.2, 0.25) is 5.60 Å². The summed E-state index contributed by atoms with van der Waals surface area (Å²) in [6.07, 6.45) is 20.6. The Morgan fingerprint density at radius 1 is 0.915 bits per heavy atom. The number of nitrogens with one attached hydrogen (secondary N) is 1. The molecule has 47 heavy (non-hydrogen) atoms. The predicted octanol–water partition coefficient (Wildman–Crippen LogP) is 7.20. The van der Waals surface area contributed by atoms with Gasteiger partial charge in [-0.15, -0.1) is 0 Å². The molecule has 1 heterocycles. The second-order valence-corrected chi connectivity index (χ2v) is 13.3. The molecule has 0 radical (unpaired) electrons. The van der Waals surface area contributed by atoms with Crippen LogP contribution in [-0.4, -0.2) is 51.2 Å². The minimum absolute atomic E-state index is 0.156. The van der Waals surface area contributed by atoms with Crippen LogP contribution in [0.3, 0.4) is 0 Å². The summed E-state index contributed by atoms with van der Waals surface area (Å²) in [5.41, 5.74) is -5.13. The third-order valence-electron chi connectivity index (χ3n) is 9.71. The molecule has 5 atom stereocenters. The first-order chi connectivity index (χ1) is 22.6. The first-order valence-corrected chi connectivity index (χ1v) is 17.9. The lowest BCUT2D eigenvalue weighted by Gasteiger charge is -2.39. The quantitative estimate of drug-likeness (QED) is 0.0372. The molecule has 0 bridgehead atoms. The van der Waals surface area contributed by atoms with Crippen molar-refractivity contribution in [3.63, 3.8) is 0 Å². The van der Waals surface area contributed by atoms with Gasteiger partial charge in [-0.2, -0.15) is 0 Å². The predicted molar refractivity (Wildman–Crippen MR) is 182 cm³/mol. The smallest absolute Gasteiger partial charge is 0.260 e. The summed E-state index contributed by atoms with van der Waals surface area (Å²) in [5.74, 6) is -6.36. The van der Waals surface area contributed by atoms with Gasteiger partial charge < -0.3 is 25.1 Å². The summed E-state index contributed by atoms with van der Waals surface area (Å²) in [4.78, 5) is 52.5. The van der Waals surface area contributed by atoms with Crippen molar-refractivity contribution >= 4 is 23.8 Å². The Bertz CT molecular complexity index is 1140. The SMILES string of the molecule is C=C/C=C(\O)C(O)(C(=O)NCC(CCCCCCCC)CCCCCCCCCC)C1CC(=O)C(C(O)(C=O)c2ccco2)CC1=O. The van der Waals surface area contributed by atoms with Crippen LogP contribution in [0.25, 0.3) is 0 Å². The van der Waals surface area contributed by atoms with E-state index >= 15 is 0 Å². The molecule has 5 unspecified atom stereocenters. The Morgan fingerprint density at radius 3 is 1.91 bits per heavy atom. The van der Waals surface area contributed by atoms with E-state index in [4.69, 9.17) is 4.42 Å². The van der Waals surface area contributed by atoms with Gasteiger partial charge in [-0.3, -0.25) is 19.2 Å². The van der Waals surface area contributed by atoms with Gasteiger partial charge in [0.05, 0.1) is 18.1 Å². The van der Waals surface area contributed by atoms with Crippen molar-refractivity contribution in [2.24, 2.45) is 17.8 Å². The van der Waals surface area contributed by atoms with E-state index in [2.05, 4.69) is 25.7 Å². The van der Waals surface area contributed by atoms with E-state index in [1.165, 1.54) is 88.7 Å². The van der Waals surface area contributed by atoms with Crippen molar-refractivity contribution in [2.45, 2.75) is 141 Å². The van der Waals surface area contributed by atoms with Gasteiger partial charge in [0.25, 0.3) is 5.91 Å². The maximum atomic E-state index is 13.7. The van der Waals surface area contributed by atoms with Crippen LogP contribution in [0.1, 0.15) is 135 Å². The number of allylic oxidation sites excluding steroid dienone is 2. The minimum Gasteiger partial charge on any atom is -0.509 e. The largest absolute Gasteiger partial charge is 0.509 e. The highest BCUT2D eigenvalue weighted by Crippen LogP contribution is 2.41. The number of rotatable bonds is 25. The highest BCUT2D eigenvalue weighted by molar-refractivity contribution is 6.03. The molecule has 9 heteroatoms. The van der Waals surface area contributed by atoms with E-state index in [1.54, 1.807) is 0 Å². The van der Waals surface area contributed by atoms with Crippen LogP contribution in [-0.2, 0) is 24.8 Å². The zero-order valence-corrected chi connectivity index (χ0v) is 28.7. The number of hydrogen-bond acceptors (Lipinski definition) is 8. The van der Waals surface area contributed by atoms with E-state index in [1.807, 2.05) is 0 Å². The number of aliphatic hydroxyl groups is 3. The molecular formula is C38H59NO8. The van der Waals surface area contributed by atoms with Gasteiger partial charge in [-0.25, -0.2) is 0 Å². The second kappa shape index (κ2) is 21.0. The molecule has 9 nitrogen and oxygen atoms in total. The summed E-state index contributed by atoms with van der Waals surface area (Å²) in [7, 11) is 0. The average molecular weight is 658 g/mol. The first kappa shape index (κ1) is 40.1. The molecule has 1 fully saturated rings. The number of carbonyl (C=O) groups excluding carboxylic acids is 4. The lowest BCUT2D eigenvalue weighted by atomic mass is 9.66. The molecule has 1 aliphatic rings. The number of aldehydes is 1. The number of carbonyl (C=O) groups is 4. The van der Waals surface area contributed by atoms with E-state index in [0.29, 0.717) is 0 Å². The van der Waals surface area contributed by atoms with Crippen LogP contribution in [0.5, 0.6) is 0 Å². The Kier molecular flexibility index (Phi) is 18.0. The van der Waals surface area contributed by atoms with Crippen LogP contribution >= 0.6 is 0 Å². The number of furan rings is 1. The van der Waals surface area contributed by atoms with E-state index in [-0.39, 0.29) is 24.5 Å². The van der Waals surface area contributed by atoms with Crippen LogP contribution in [0, 0.1) is 17.8 Å². The zero-order valence-electron chi connectivity index (χ0n) is 28.7. The molecule has 4 N–H and O–H groups in total. The van der Waals surface area contributed by atoms with E-state index in [0.717, 1.165) is 44.6 Å². The lowest BCUT2D eigenvalue weighted by molar-refractivity contribution is -0.164. The number of unbranched alkanes of at least 4 members (excludes halogenated alkanes) is 12. The van der Waals surface area contributed by atoms with Crippen molar-refractivity contribution in [2.75, 3.05) is 6.54 Å². The highest BCUT2D eigenvalue weighted by atomic mass is 16.4. The molecule has 2 rings (SSSR count). The minimum atomic E-state index is -2.74. The Labute approximate surface area is 281 Å². The normalized spacial score (nSPS) is 20.3. The number of aliphatic hydroxyl groups excluding tert-OH is 1. The van der Waals surface area contributed by atoms with Gasteiger partial charge in [-0.1, -0.05) is 116 Å². The zero-order chi connectivity index (χ0) is 34.7. The van der Waals surface area contributed by atoms with Gasteiger partial charge in [0, 0.05) is 19.4 Å². The maximum Gasteiger partial charge on any atom is 0.260 e. The van der Waals surface area contributed by atoms with Crippen LogP contribution in [0.4, 0.5) is 0 Å². The molecule has 1 amide bonds. The first-order valence-electron chi connectivity index (χ1n) is 17.9. The fourth-order valence-electron chi connectivity index (χ4n) is 6.71. The number of amides is 1. The number of ketones is 2. The van der Waals surface area contributed by atoms with Gasteiger partial charge in [-0.05, 0) is 37.0 Å². The molecule has 264 valence electrons. The Hall–Kier alpha value is -3.04. The maximum absolute atomic E-state index is 13.7. The number of hydrogen-bond donors (Lipinski definition) is 4. The molecule has 1 aromatic rings. The van der Waals surface area contributed by atoms with E-state index < -0.39 is 59.1 Å². The molecule has 0 saturated heterocycles. The molecular weight excluding hydrogens is 598 g/mol. The standard InChI is InChI=1S/C38H59NO8/c1-4-7-9-11-13-14-16-18-22-29(21-17-15-12-10-8-5-2)27-39-36(44)38(46,34(43)20-6-3)31-26-32(41)30(25-33(31)42)37(45,28-40)35-23-19-24-47-35/h6,19-20,23-24,28-31,43,45-46H,3-5,7-18,21-22,25-27H2,1-2H3,(H,39,44)/b34-20-. The second-order valence-electron chi connectivity index (χ2n) is 13.3. The van der Waals surface area contributed by atoms with Gasteiger partial charge >= 0.3 is 0 Å². The van der Waals surface area contributed by atoms with Crippen molar-refractivity contribution in [3.05, 3.63) is 48.6 Å². The molecule has 0 aliphatic heterocycles. The summed E-state index contributed by atoms with van der Waals surface area (Å²) < 4.78 is 5.18. The van der Waals surface area contributed by atoms with Crippen molar-refractivity contribution < 1.29 is 38.9 Å².